The van der Waals surface area contributed by atoms with Gasteiger partial charge in [-0.25, -0.2) is 8.42 Å². The zero-order valence-corrected chi connectivity index (χ0v) is 10.1. The van der Waals surface area contributed by atoms with Crippen molar-refractivity contribution in [1.82, 2.24) is 0 Å². The van der Waals surface area contributed by atoms with Gasteiger partial charge in [0.15, 0.2) is 0 Å². The van der Waals surface area contributed by atoms with Crippen molar-refractivity contribution in [3.63, 3.8) is 0 Å². The Hall–Kier alpha value is 0.720. The molecule has 0 amide bonds. The quantitative estimate of drug-likeness (QED) is 0.407. The molecule has 0 aromatic heterocycles. The molecule has 0 N–H and O–H groups in total. The molecule has 5 heteroatoms. The Kier molecular flexibility index (Phi) is 7.58. The molecular formula is C7H14BrClO2S. The first-order valence-electron chi connectivity index (χ1n) is 4.04. The summed E-state index contributed by atoms with van der Waals surface area (Å²) < 4.78 is 21.0. The summed E-state index contributed by atoms with van der Waals surface area (Å²) in [6.07, 6.45) is 5.06. The lowest BCUT2D eigenvalue weighted by Crippen LogP contribution is -1.96. The van der Waals surface area contributed by atoms with Crippen molar-refractivity contribution in [3.8, 4) is 0 Å². The zero-order chi connectivity index (χ0) is 9.45. The minimum Gasteiger partial charge on any atom is -0.212 e. The Morgan fingerprint density at radius 3 is 2.00 bits per heavy atom. The van der Waals surface area contributed by atoms with Crippen LogP contribution in [0.3, 0.4) is 0 Å². The van der Waals surface area contributed by atoms with E-state index in [2.05, 4.69) is 15.9 Å². The minimum absolute atomic E-state index is 0.114. The summed E-state index contributed by atoms with van der Waals surface area (Å²) in [5, 5.41) is 1.03. The van der Waals surface area contributed by atoms with Gasteiger partial charge >= 0.3 is 0 Å². The largest absolute Gasteiger partial charge is 0.232 e. The van der Waals surface area contributed by atoms with E-state index in [0.717, 1.165) is 31.0 Å². The first kappa shape index (κ1) is 12.7. The highest BCUT2D eigenvalue weighted by atomic mass is 79.9. The number of rotatable bonds is 7. The van der Waals surface area contributed by atoms with Gasteiger partial charge in [-0.05, 0) is 12.8 Å². The van der Waals surface area contributed by atoms with Gasteiger partial charge in [0.2, 0.25) is 9.05 Å². The maximum Gasteiger partial charge on any atom is 0.232 e. The molecule has 0 aliphatic heterocycles. The average molecular weight is 278 g/mol. The van der Waals surface area contributed by atoms with Gasteiger partial charge in [0, 0.05) is 16.0 Å². The number of hydrogen-bond acceptors (Lipinski definition) is 2. The number of unbranched alkanes of at least 4 members (excludes halogenated alkanes) is 4. The maximum absolute atomic E-state index is 10.5. The fourth-order valence-electron chi connectivity index (χ4n) is 0.899. The van der Waals surface area contributed by atoms with Crippen molar-refractivity contribution in [3.05, 3.63) is 0 Å². The number of alkyl halides is 1. The molecule has 0 heterocycles. The van der Waals surface area contributed by atoms with E-state index in [-0.39, 0.29) is 5.75 Å². The maximum atomic E-state index is 10.5. The van der Waals surface area contributed by atoms with Gasteiger partial charge in [-0.1, -0.05) is 35.2 Å². The molecule has 0 radical (unpaired) electrons. The van der Waals surface area contributed by atoms with E-state index in [1.54, 1.807) is 0 Å². The molecule has 0 aliphatic rings. The molecule has 0 unspecified atom stereocenters. The monoisotopic (exact) mass is 276 g/mol. The lowest BCUT2D eigenvalue weighted by Gasteiger charge is -1.97. The first-order chi connectivity index (χ1) is 5.56. The van der Waals surface area contributed by atoms with Gasteiger partial charge in [0.05, 0.1) is 5.75 Å². The predicted molar refractivity (Wildman–Crippen MR) is 56.5 cm³/mol. The molecule has 0 fully saturated rings. The second kappa shape index (κ2) is 7.15. The van der Waals surface area contributed by atoms with Gasteiger partial charge in [0.1, 0.15) is 0 Å². The lowest BCUT2D eigenvalue weighted by molar-refractivity contribution is 0.600. The van der Waals surface area contributed by atoms with Crippen molar-refractivity contribution in [2.45, 2.75) is 32.1 Å². The Morgan fingerprint density at radius 2 is 1.50 bits per heavy atom. The summed E-state index contributed by atoms with van der Waals surface area (Å²) in [6.45, 7) is 0. The molecule has 0 aromatic rings. The normalized spacial score (nSPS) is 11.8. The molecule has 0 bridgehead atoms. The zero-order valence-electron chi connectivity index (χ0n) is 6.93. The van der Waals surface area contributed by atoms with Gasteiger partial charge in [0.25, 0.3) is 0 Å². The van der Waals surface area contributed by atoms with Crippen LogP contribution in [0.15, 0.2) is 0 Å². The fourth-order valence-corrected chi connectivity index (χ4v) is 2.17. The van der Waals surface area contributed by atoms with E-state index >= 15 is 0 Å². The van der Waals surface area contributed by atoms with Crippen molar-refractivity contribution < 1.29 is 8.42 Å². The molecule has 0 spiro atoms. The molecule has 0 saturated heterocycles. The molecule has 0 aromatic carbocycles. The van der Waals surface area contributed by atoms with Crippen LogP contribution in [0.5, 0.6) is 0 Å². The van der Waals surface area contributed by atoms with Crippen molar-refractivity contribution in [2.75, 3.05) is 11.1 Å². The standard InChI is InChI=1S/C7H14BrClO2S/c8-6-4-2-1-3-5-7-12(9,10)11/h1-7H2. The number of halogens is 2. The Balaban J connectivity index is 3.12. The molecule has 2 nitrogen and oxygen atoms in total. The summed E-state index contributed by atoms with van der Waals surface area (Å²) in [7, 11) is 1.78. The van der Waals surface area contributed by atoms with Crippen LogP contribution in [0.4, 0.5) is 0 Å². The summed E-state index contributed by atoms with van der Waals surface area (Å²) in [5.41, 5.74) is 0. The third-order valence-electron chi connectivity index (χ3n) is 1.52. The smallest absolute Gasteiger partial charge is 0.212 e. The summed E-state index contributed by atoms with van der Waals surface area (Å²) >= 11 is 3.33. The lowest BCUT2D eigenvalue weighted by atomic mass is 10.2. The minimum atomic E-state index is -3.25. The van der Waals surface area contributed by atoms with Crippen molar-refractivity contribution in [1.29, 1.82) is 0 Å². The van der Waals surface area contributed by atoms with Crippen LogP contribution in [0, 0.1) is 0 Å². The topological polar surface area (TPSA) is 34.1 Å². The van der Waals surface area contributed by atoms with Crippen LogP contribution < -0.4 is 0 Å². The third kappa shape index (κ3) is 10.7. The Bertz CT molecular complexity index is 192. The van der Waals surface area contributed by atoms with Gasteiger partial charge in [-0.3, -0.25) is 0 Å². The van der Waals surface area contributed by atoms with Gasteiger partial charge in [-0.15, -0.1) is 0 Å². The number of hydrogen-bond donors (Lipinski definition) is 0. The highest BCUT2D eigenvalue weighted by Gasteiger charge is 2.03. The molecule has 0 rings (SSSR count). The second-order valence-corrected chi connectivity index (χ2v) is 6.39. The molecule has 0 atom stereocenters. The Labute approximate surface area is 87.2 Å². The van der Waals surface area contributed by atoms with E-state index in [9.17, 15) is 8.42 Å². The van der Waals surface area contributed by atoms with Crippen molar-refractivity contribution in [2.24, 2.45) is 0 Å². The SMILES string of the molecule is O=S(=O)(Cl)CCCCCCCBr. The summed E-state index contributed by atoms with van der Waals surface area (Å²) in [4.78, 5) is 0. The molecule has 12 heavy (non-hydrogen) atoms. The molecule has 0 aliphatic carbocycles. The van der Waals surface area contributed by atoms with Crippen LogP contribution in [0.2, 0.25) is 0 Å². The Morgan fingerprint density at radius 1 is 1.00 bits per heavy atom. The highest BCUT2D eigenvalue weighted by Crippen LogP contribution is 2.07. The van der Waals surface area contributed by atoms with Crippen molar-refractivity contribution >= 4 is 35.7 Å². The molecular weight excluding hydrogens is 263 g/mol. The third-order valence-corrected chi connectivity index (χ3v) is 3.32. The predicted octanol–water partition coefficient (Wildman–Crippen LogP) is 2.90. The summed E-state index contributed by atoms with van der Waals surface area (Å²) in [6, 6.07) is 0. The van der Waals surface area contributed by atoms with Crippen LogP contribution >= 0.6 is 26.6 Å². The molecule has 74 valence electrons. The average Bonchev–Trinajstić information content (AvgIpc) is 1.94. The highest BCUT2D eigenvalue weighted by molar-refractivity contribution is 9.09. The van der Waals surface area contributed by atoms with Gasteiger partial charge < -0.3 is 0 Å². The van der Waals surface area contributed by atoms with E-state index in [4.69, 9.17) is 10.7 Å². The van der Waals surface area contributed by atoms with Crippen LogP contribution in [0.25, 0.3) is 0 Å². The van der Waals surface area contributed by atoms with E-state index < -0.39 is 9.05 Å². The second-order valence-electron chi connectivity index (χ2n) is 2.70. The molecule has 0 saturated carbocycles. The fraction of sp³-hybridized carbons (Fsp3) is 1.00. The van der Waals surface area contributed by atoms with Crippen LogP contribution in [-0.2, 0) is 9.05 Å². The first-order valence-corrected chi connectivity index (χ1v) is 7.64. The van der Waals surface area contributed by atoms with E-state index in [1.165, 1.54) is 0 Å². The van der Waals surface area contributed by atoms with E-state index in [0.29, 0.717) is 6.42 Å². The van der Waals surface area contributed by atoms with Gasteiger partial charge in [-0.2, -0.15) is 0 Å². The van der Waals surface area contributed by atoms with Crippen LogP contribution in [0.1, 0.15) is 32.1 Å². The van der Waals surface area contributed by atoms with Crippen LogP contribution in [-0.4, -0.2) is 19.5 Å². The summed E-state index contributed by atoms with van der Waals surface area (Å²) in [5.74, 6) is 0.114. The van der Waals surface area contributed by atoms with E-state index in [1.807, 2.05) is 0 Å².